The Hall–Kier alpha value is -0.780. The predicted molar refractivity (Wildman–Crippen MR) is 84.9 cm³/mol. The van der Waals surface area contributed by atoms with Crippen LogP contribution in [0.3, 0.4) is 0 Å². The Labute approximate surface area is 121 Å². The van der Waals surface area contributed by atoms with Crippen LogP contribution in [0.15, 0.2) is 35.3 Å². The predicted octanol–water partition coefficient (Wildman–Crippen LogP) is 2.77. The van der Waals surface area contributed by atoms with Crippen molar-refractivity contribution in [2.75, 3.05) is 6.54 Å². The largest absolute Gasteiger partial charge is 0.357 e. The summed E-state index contributed by atoms with van der Waals surface area (Å²) in [6, 6.07) is 10.7. The molecular weight excluding hydrogens is 325 g/mol. The van der Waals surface area contributed by atoms with Crippen LogP contribution in [0.2, 0.25) is 0 Å². The highest BCUT2D eigenvalue weighted by molar-refractivity contribution is 14.0. The first kappa shape index (κ1) is 16.2. The van der Waals surface area contributed by atoms with Gasteiger partial charge in [0.05, 0.1) is 6.54 Å². The van der Waals surface area contributed by atoms with Gasteiger partial charge in [-0.1, -0.05) is 30.3 Å². The molecule has 0 heterocycles. The first-order valence-corrected chi connectivity index (χ1v) is 5.81. The molecule has 1 aromatic carbocycles. The second kappa shape index (κ2) is 9.27. The quantitative estimate of drug-likeness (QED) is 0.499. The molecular formula is C13H22IN3. The van der Waals surface area contributed by atoms with Gasteiger partial charge in [-0.05, 0) is 26.3 Å². The van der Waals surface area contributed by atoms with E-state index in [9.17, 15) is 0 Å². The van der Waals surface area contributed by atoms with Crippen LogP contribution in [0.25, 0.3) is 0 Å². The molecule has 4 heteroatoms. The van der Waals surface area contributed by atoms with Crippen molar-refractivity contribution in [2.24, 2.45) is 4.99 Å². The van der Waals surface area contributed by atoms with Crippen molar-refractivity contribution in [2.45, 2.75) is 33.4 Å². The van der Waals surface area contributed by atoms with Gasteiger partial charge < -0.3 is 10.6 Å². The van der Waals surface area contributed by atoms with Gasteiger partial charge in [0.15, 0.2) is 5.96 Å². The summed E-state index contributed by atoms with van der Waals surface area (Å²) in [5.41, 5.74) is 1.23. The van der Waals surface area contributed by atoms with Crippen molar-refractivity contribution >= 4 is 29.9 Å². The molecule has 17 heavy (non-hydrogen) atoms. The van der Waals surface area contributed by atoms with Crippen molar-refractivity contribution in [1.29, 1.82) is 0 Å². The number of benzene rings is 1. The van der Waals surface area contributed by atoms with E-state index in [0.717, 1.165) is 12.5 Å². The molecule has 0 bridgehead atoms. The maximum Gasteiger partial charge on any atom is 0.191 e. The van der Waals surface area contributed by atoms with Gasteiger partial charge in [0, 0.05) is 12.6 Å². The van der Waals surface area contributed by atoms with E-state index >= 15 is 0 Å². The highest BCUT2D eigenvalue weighted by Crippen LogP contribution is 1.99. The maximum atomic E-state index is 4.52. The lowest BCUT2D eigenvalue weighted by atomic mass is 10.2. The van der Waals surface area contributed by atoms with Crippen molar-refractivity contribution in [3.05, 3.63) is 35.9 Å². The summed E-state index contributed by atoms with van der Waals surface area (Å²) in [7, 11) is 0. The average Bonchev–Trinajstić information content (AvgIpc) is 2.27. The number of guanidine groups is 1. The molecule has 0 fully saturated rings. The molecule has 3 nitrogen and oxygen atoms in total. The molecule has 0 atom stereocenters. The molecule has 0 aliphatic rings. The van der Waals surface area contributed by atoms with Crippen LogP contribution >= 0.6 is 24.0 Å². The molecule has 0 aliphatic carbocycles. The van der Waals surface area contributed by atoms with E-state index in [-0.39, 0.29) is 24.0 Å². The molecule has 1 rings (SSSR count). The van der Waals surface area contributed by atoms with Gasteiger partial charge in [-0.15, -0.1) is 24.0 Å². The van der Waals surface area contributed by atoms with E-state index in [1.54, 1.807) is 0 Å². The fourth-order valence-corrected chi connectivity index (χ4v) is 1.35. The molecule has 0 aromatic heterocycles. The number of nitrogens with one attached hydrogen (secondary N) is 2. The van der Waals surface area contributed by atoms with Crippen molar-refractivity contribution in [1.82, 2.24) is 10.6 Å². The zero-order valence-electron chi connectivity index (χ0n) is 10.7. The SMILES string of the molecule is CCNC(=NCc1ccccc1)NC(C)C.I. The van der Waals surface area contributed by atoms with Gasteiger partial charge in [0.1, 0.15) is 0 Å². The highest BCUT2D eigenvalue weighted by atomic mass is 127. The Morgan fingerprint density at radius 1 is 1.24 bits per heavy atom. The monoisotopic (exact) mass is 347 g/mol. The molecule has 1 aromatic rings. The summed E-state index contributed by atoms with van der Waals surface area (Å²) in [5, 5.41) is 6.51. The number of halogens is 1. The van der Waals surface area contributed by atoms with E-state index in [4.69, 9.17) is 0 Å². The van der Waals surface area contributed by atoms with Gasteiger partial charge >= 0.3 is 0 Å². The van der Waals surface area contributed by atoms with Gasteiger partial charge in [-0.3, -0.25) is 0 Å². The summed E-state index contributed by atoms with van der Waals surface area (Å²) in [6.07, 6.45) is 0. The van der Waals surface area contributed by atoms with E-state index in [2.05, 4.69) is 48.5 Å². The molecule has 0 saturated carbocycles. The number of nitrogens with zero attached hydrogens (tertiary/aromatic N) is 1. The van der Waals surface area contributed by atoms with Crippen molar-refractivity contribution in [3.63, 3.8) is 0 Å². The summed E-state index contributed by atoms with van der Waals surface area (Å²) >= 11 is 0. The summed E-state index contributed by atoms with van der Waals surface area (Å²) in [5.74, 6) is 0.876. The number of aliphatic imine (C=N–C) groups is 1. The Kier molecular flexibility index (Phi) is 8.85. The van der Waals surface area contributed by atoms with E-state index in [1.165, 1.54) is 5.56 Å². The lowest BCUT2D eigenvalue weighted by Crippen LogP contribution is -2.40. The van der Waals surface area contributed by atoms with E-state index in [0.29, 0.717) is 12.6 Å². The van der Waals surface area contributed by atoms with Crippen LogP contribution < -0.4 is 10.6 Å². The molecule has 0 radical (unpaired) electrons. The summed E-state index contributed by atoms with van der Waals surface area (Å²) < 4.78 is 0. The minimum absolute atomic E-state index is 0. The van der Waals surface area contributed by atoms with Crippen LogP contribution in [0, 0.1) is 0 Å². The number of hydrogen-bond acceptors (Lipinski definition) is 1. The number of rotatable bonds is 4. The second-order valence-corrected chi connectivity index (χ2v) is 3.98. The van der Waals surface area contributed by atoms with Gasteiger partial charge in [0.2, 0.25) is 0 Å². The zero-order valence-corrected chi connectivity index (χ0v) is 13.1. The third-order valence-corrected chi connectivity index (χ3v) is 2.03. The molecule has 0 amide bonds. The van der Waals surface area contributed by atoms with Crippen LogP contribution in [-0.2, 0) is 6.54 Å². The smallest absolute Gasteiger partial charge is 0.191 e. The van der Waals surface area contributed by atoms with E-state index in [1.807, 2.05) is 18.2 Å². The first-order chi connectivity index (χ1) is 7.72. The Bertz CT molecular complexity index is 323. The Morgan fingerprint density at radius 2 is 1.88 bits per heavy atom. The van der Waals surface area contributed by atoms with Crippen LogP contribution in [0.4, 0.5) is 0 Å². The normalized spacial score (nSPS) is 10.9. The van der Waals surface area contributed by atoms with Crippen LogP contribution in [0.1, 0.15) is 26.3 Å². The zero-order chi connectivity index (χ0) is 11.8. The lowest BCUT2D eigenvalue weighted by molar-refractivity contribution is 0.700. The minimum Gasteiger partial charge on any atom is -0.357 e. The van der Waals surface area contributed by atoms with Gasteiger partial charge in [0.25, 0.3) is 0 Å². The van der Waals surface area contributed by atoms with Gasteiger partial charge in [-0.25, -0.2) is 4.99 Å². The maximum absolute atomic E-state index is 4.52. The highest BCUT2D eigenvalue weighted by Gasteiger charge is 1.98. The Balaban J connectivity index is 0.00000256. The molecule has 2 N–H and O–H groups in total. The third-order valence-electron chi connectivity index (χ3n) is 2.03. The molecule has 0 unspecified atom stereocenters. The van der Waals surface area contributed by atoms with Gasteiger partial charge in [-0.2, -0.15) is 0 Å². The second-order valence-electron chi connectivity index (χ2n) is 3.98. The summed E-state index contributed by atoms with van der Waals surface area (Å²) in [6.45, 7) is 7.88. The molecule has 96 valence electrons. The first-order valence-electron chi connectivity index (χ1n) is 5.81. The molecule has 0 saturated heterocycles. The van der Waals surface area contributed by atoms with Crippen LogP contribution in [0.5, 0.6) is 0 Å². The minimum atomic E-state index is 0. The molecule has 0 aliphatic heterocycles. The summed E-state index contributed by atoms with van der Waals surface area (Å²) in [4.78, 5) is 4.52. The standard InChI is InChI=1S/C13H21N3.HI/c1-4-14-13(16-11(2)3)15-10-12-8-6-5-7-9-12;/h5-9,11H,4,10H2,1-3H3,(H2,14,15,16);1H. The average molecular weight is 347 g/mol. The van der Waals surface area contributed by atoms with E-state index < -0.39 is 0 Å². The van der Waals surface area contributed by atoms with Crippen LogP contribution in [-0.4, -0.2) is 18.5 Å². The number of hydrogen-bond donors (Lipinski definition) is 2. The third kappa shape index (κ3) is 7.20. The van der Waals surface area contributed by atoms with Crippen molar-refractivity contribution < 1.29 is 0 Å². The van der Waals surface area contributed by atoms with Crippen molar-refractivity contribution in [3.8, 4) is 0 Å². The fraction of sp³-hybridized carbons (Fsp3) is 0.462. The molecule has 0 spiro atoms. The fourth-order valence-electron chi connectivity index (χ4n) is 1.35. The lowest BCUT2D eigenvalue weighted by Gasteiger charge is -2.13. The Morgan fingerprint density at radius 3 is 2.41 bits per heavy atom. The topological polar surface area (TPSA) is 36.4 Å².